The number of hydrogen-bond donors (Lipinski definition) is 1. The van der Waals surface area contributed by atoms with E-state index in [1.807, 2.05) is 23.1 Å². The summed E-state index contributed by atoms with van der Waals surface area (Å²) in [6.45, 7) is 2.67. The Bertz CT molecular complexity index is 979. The highest BCUT2D eigenvalue weighted by Gasteiger charge is 2.32. The first kappa shape index (κ1) is 19.7. The van der Waals surface area contributed by atoms with E-state index in [1.165, 1.54) is 0 Å². The molecule has 30 heavy (non-hydrogen) atoms. The summed E-state index contributed by atoms with van der Waals surface area (Å²) in [5.41, 5.74) is 1.10. The van der Waals surface area contributed by atoms with Crippen LogP contribution in [0.2, 0.25) is 0 Å². The molecule has 0 aliphatic carbocycles. The van der Waals surface area contributed by atoms with Crippen molar-refractivity contribution in [3.63, 3.8) is 0 Å². The van der Waals surface area contributed by atoms with Crippen molar-refractivity contribution in [1.29, 1.82) is 5.26 Å². The number of benzene rings is 2. The first-order chi connectivity index (χ1) is 14.6. The average Bonchev–Trinajstić information content (AvgIpc) is 2.79. The molecule has 1 atom stereocenters. The third-order valence-electron chi connectivity index (χ3n) is 5.11. The molecule has 2 amide bonds. The molecule has 4 rings (SSSR count). The van der Waals surface area contributed by atoms with Crippen molar-refractivity contribution >= 4 is 17.5 Å². The first-order valence-electron chi connectivity index (χ1n) is 9.82. The monoisotopic (exact) mass is 406 g/mol. The Morgan fingerprint density at radius 1 is 1.07 bits per heavy atom. The van der Waals surface area contributed by atoms with Gasteiger partial charge in [-0.05, 0) is 30.3 Å². The highest BCUT2D eigenvalue weighted by atomic mass is 16.6. The van der Waals surface area contributed by atoms with Crippen LogP contribution < -0.4 is 14.8 Å². The Morgan fingerprint density at radius 2 is 1.83 bits per heavy atom. The van der Waals surface area contributed by atoms with E-state index in [0.717, 1.165) is 0 Å². The maximum atomic E-state index is 12.8. The molecule has 8 nitrogen and oxygen atoms in total. The van der Waals surface area contributed by atoms with Crippen LogP contribution in [-0.4, -0.2) is 67.0 Å². The Hall–Kier alpha value is -3.57. The van der Waals surface area contributed by atoms with Gasteiger partial charge in [-0.2, -0.15) is 5.26 Å². The second-order valence-corrected chi connectivity index (χ2v) is 7.21. The fourth-order valence-electron chi connectivity index (χ4n) is 3.54. The van der Waals surface area contributed by atoms with E-state index in [9.17, 15) is 9.59 Å². The summed E-state index contributed by atoms with van der Waals surface area (Å²) < 4.78 is 11.4. The minimum absolute atomic E-state index is 0.0954. The van der Waals surface area contributed by atoms with Crippen LogP contribution in [0.5, 0.6) is 11.5 Å². The van der Waals surface area contributed by atoms with Gasteiger partial charge in [0.25, 0.3) is 5.91 Å². The van der Waals surface area contributed by atoms with Crippen molar-refractivity contribution in [1.82, 2.24) is 9.80 Å². The van der Waals surface area contributed by atoms with Crippen molar-refractivity contribution in [3.05, 3.63) is 54.1 Å². The normalized spacial score (nSPS) is 18.4. The molecule has 1 fully saturated rings. The molecule has 0 aromatic heterocycles. The fourth-order valence-corrected chi connectivity index (χ4v) is 3.54. The molecule has 1 N–H and O–H groups in total. The van der Waals surface area contributed by atoms with E-state index >= 15 is 0 Å². The van der Waals surface area contributed by atoms with E-state index in [0.29, 0.717) is 48.9 Å². The highest BCUT2D eigenvalue weighted by molar-refractivity contribution is 5.92. The quantitative estimate of drug-likeness (QED) is 0.827. The van der Waals surface area contributed by atoms with Crippen LogP contribution >= 0.6 is 0 Å². The highest BCUT2D eigenvalue weighted by Crippen LogP contribution is 2.31. The molecule has 0 spiro atoms. The summed E-state index contributed by atoms with van der Waals surface area (Å²) >= 11 is 0. The number of carbonyl (C=O) groups excluding carboxylic acids is 2. The summed E-state index contributed by atoms with van der Waals surface area (Å²) in [7, 11) is 0. The average molecular weight is 406 g/mol. The molecular weight excluding hydrogens is 384 g/mol. The van der Waals surface area contributed by atoms with Gasteiger partial charge >= 0.3 is 0 Å². The Morgan fingerprint density at radius 3 is 2.60 bits per heavy atom. The van der Waals surface area contributed by atoms with Crippen molar-refractivity contribution in [3.8, 4) is 17.6 Å². The molecule has 2 aliphatic heterocycles. The number of piperazine rings is 1. The predicted octanol–water partition coefficient (Wildman–Crippen LogP) is 1.48. The second kappa shape index (κ2) is 8.84. The van der Waals surface area contributed by atoms with Gasteiger partial charge < -0.3 is 19.7 Å². The maximum Gasteiger partial charge on any atom is 0.267 e. The second-order valence-electron chi connectivity index (χ2n) is 7.21. The summed E-state index contributed by atoms with van der Waals surface area (Å²) in [5.74, 6) is 0.989. The number of ether oxygens (including phenoxy) is 2. The van der Waals surface area contributed by atoms with Crippen LogP contribution in [0.1, 0.15) is 5.56 Å². The number of fused-ring (bicyclic) bond motifs is 1. The molecule has 1 saturated heterocycles. The van der Waals surface area contributed by atoms with Gasteiger partial charge in [0.05, 0.1) is 18.2 Å². The van der Waals surface area contributed by atoms with Crippen LogP contribution in [-0.2, 0) is 9.59 Å². The zero-order chi connectivity index (χ0) is 20.9. The number of carbonyl (C=O) groups is 2. The fraction of sp³-hybridized carbons (Fsp3) is 0.318. The molecular formula is C22H22N4O4. The van der Waals surface area contributed by atoms with E-state index in [1.54, 1.807) is 35.2 Å². The van der Waals surface area contributed by atoms with Gasteiger partial charge in [-0.1, -0.05) is 18.2 Å². The summed E-state index contributed by atoms with van der Waals surface area (Å²) in [6, 6.07) is 16.2. The Kier molecular flexibility index (Phi) is 5.82. The first-order valence-corrected chi connectivity index (χ1v) is 9.82. The maximum absolute atomic E-state index is 12.8. The third kappa shape index (κ3) is 4.53. The molecule has 2 aromatic carbocycles. The number of para-hydroxylation sites is 2. The number of anilines is 1. The van der Waals surface area contributed by atoms with Crippen molar-refractivity contribution < 1.29 is 19.1 Å². The lowest BCUT2D eigenvalue weighted by Crippen LogP contribution is -2.54. The molecule has 8 heteroatoms. The largest absolute Gasteiger partial charge is 0.485 e. The number of nitriles is 1. The minimum Gasteiger partial charge on any atom is -0.485 e. The van der Waals surface area contributed by atoms with E-state index in [4.69, 9.17) is 14.7 Å². The lowest BCUT2D eigenvalue weighted by atomic mass is 10.2. The van der Waals surface area contributed by atoms with Crippen molar-refractivity contribution in [2.45, 2.75) is 6.10 Å². The summed E-state index contributed by atoms with van der Waals surface area (Å²) in [4.78, 5) is 28.9. The number of rotatable bonds is 4. The molecule has 2 heterocycles. The smallest absolute Gasteiger partial charge is 0.267 e. The van der Waals surface area contributed by atoms with Gasteiger partial charge in [-0.3, -0.25) is 14.5 Å². The Labute approximate surface area is 174 Å². The van der Waals surface area contributed by atoms with Gasteiger partial charge in [0.1, 0.15) is 6.61 Å². The van der Waals surface area contributed by atoms with Gasteiger partial charge in [0.15, 0.2) is 11.5 Å². The van der Waals surface area contributed by atoms with E-state index in [2.05, 4.69) is 11.4 Å². The SMILES string of the molecule is N#Cc1cccc(NC(=O)CN2CCN(C(=O)[C@@H]3COc4ccccc4O3)CC2)c1. The standard InChI is InChI=1S/C22H22N4O4/c23-13-16-4-3-5-17(12-16)24-21(27)14-25-8-10-26(11-9-25)22(28)20-15-29-18-6-1-2-7-19(18)30-20/h1-7,12,20H,8-11,14-15H2,(H,24,27)/t20-/m0/s1. The zero-order valence-corrected chi connectivity index (χ0v) is 16.4. The molecule has 2 aliphatic rings. The number of amides is 2. The molecule has 0 saturated carbocycles. The summed E-state index contributed by atoms with van der Waals surface area (Å²) in [5, 5.41) is 11.8. The topological polar surface area (TPSA) is 94.9 Å². The number of hydrogen-bond acceptors (Lipinski definition) is 6. The van der Waals surface area contributed by atoms with E-state index < -0.39 is 6.10 Å². The predicted molar refractivity (Wildman–Crippen MR) is 109 cm³/mol. The van der Waals surface area contributed by atoms with Gasteiger partial charge in [0, 0.05) is 31.9 Å². The van der Waals surface area contributed by atoms with Crippen LogP contribution in [0.15, 0.2) is 48.5 Å². The molecule has 0 unspecified atom stereocenters. The molecule has 0 radical (unpaired) electrons. The lowest BCUT2D eigenvalue weighted by Gasteiger charge is -2.36. The Balaban J connectivity index is 1.25. The molecule has 0 bridgehead atoms. The van der Waals surface area contributed by atoms with Gasteiger partial charge in [-0.15, -0.1) is 0 Å². The van der Waals surface area contributed by atoms with Crippen molar-refractivity contribution in [2.75, 3.05) is 44.6 Å². The van der Waals surface area contributed by atoms with Crippen LogP contribution in [0.25, 0.3) is 0 Å². The van der Waals surface area contributed by atoms with E-state index in [-0.39, 0.29) is 25.0 Å². The van der Waals surface area contributed by atoms with Gasteiger partial charge in [0.2, 0.25) is 12.0 Å². The lowest BCUT2D eigenvalue weighted by molar-refractivity contribution is -0.143. The number of nitrogens with zero attached hydrogens (tertiary/aromatic N) is 3. The third-order valence-corrected chi connectivity index (χ3v) is 5.11. The molecule has 154 valence electrons. The minimum atomic E-state index is -0.651. The molecule has 2 aromatic rings. The van der Waals surface area contributed by atoms with Crippen LogP contribution in [0.4, 0.5) is 5.69 Å². The van der Waals surface area contributed by atoms with Crippen LogP contribution in [0.3, 0.4) is 0 Å². The van der Waals surface area contributed by atoms with Crippen molar-refractivity contribution in [2.24, 2.45) is 0 Å². The summed E-state index contributed by atoms with van der Waals surface area (Å²) in [6.07, 6.45) is -0.651. The zero-order valence-electron chi connectivity index (χ0n) is 16.4. The van der Waals surface area contributed by atoms with Gasteiger partial charge in [-0.25, -0.2) is 0 Å². The van der Waals surface area contributed by atoms with Crippen LogP contribution in [0, 0.1) is 11.3 Å². The number of nitrogens with one attached hydrogen (secondary N) is 1.